The second kappa shape index (κ2) is 7.29. The summed E-state index contributed by atoms with van der Waals surface area (Å²) in [4.78, 5) is 26.0. The SMILES string of the molecule is O=C(C(c1cccnc1)N1CCOCC1)N1CC(c2ccccn2)C1. The van der Waals surface area contributed by atoms with Crippen molar-refractivity contribution in [1.82, 2.24) is 19.8 Å². The second-order valence-electron chi connectivity index (χ2n) is 6.53. The van der Waals surface area contributed by atoms with Crippen LogP contribution in [0.3, 0.4) is 0 Å². The van der Waals surface area contributed by atoms with Crippen molar-refractivity contribution in [3.05, 3.63) is 60.2 Å². The quantitative estimate of drug-likeness (QED) is 0.845. The van der Waals surface area contributed by atoms with E-state index in [1.807, 2.05) is 41.4 Å². The molecule has 0 N–H and O–H groups in total. The maximum atomic E-state index is 13.2. The first-order valence-electron chi connectivity index (χ1n) is 8.74. The molecule has 0 aliphatic carbocycles. The highest BCUT2D eigenvalue weighted by molar-refractivity contribution is 5.84. The fourth-order valence-electron chi connectivity index (χ4n) is 3.52. The molecule has 0 bridgehead atoms. The van der Waals surface area contributed by atoms with E-state index in [1.165, 1.54) is 0 Å². The number of amides is 1. The predicted molar refractivity (Wildman–Crippen MR) is 92.9 cm³/mol. The standard InChI is InChI=1S/C19H22N4O2/c24-19(23-13-16(14-23)17-5-1-2-7-21-17)18(15-4-3-6-20-12-15)22-8-10-25-11-9-22/h1-7,12,16,18H,8-11,13-14H2. The van der Waals surface area contributed by atoms with Crippen molar-refractivity contribution >= 4 is 5.91 Å². The third-order valence-corrected chi connectivity index (χ3v) is 4.94. The maximum absolute atomic E-state index is 13.2. The van der Waals surface area contributed by atoms with E-state index >= 15 is 0 Å². The molecule has 0 radical (unpaired) electrons. The Kier molecular flexibility index (Phi) is 4.72. The lowest BCUT2D eigenvalue weighted by atomic mass is 9.93. The van der Waals surface area contributed by atoms with E-state index in [2.05, 4.69) is 14.9 Å². The summed E-state index contributed by atoms with van der Waals surface area (Å²) in [7, 11) is 0. The number of hydrogen-bond donors (Lipinski definition) is 0. The molecule has 2 saturated heterocycles. The van der Waals surface area contributed by atoms with Gasteiger partial charge in [-0.2, -0.15) is 0 Å². The molecule has 0 saturated carbocycles. The number of hydrogen-bond acceptors (Lipinski definition) is 5. The second-order valence-corrected chi connectivity index (χ2v) is 6.53. The van der Waals surface area contributed by atoms with E-state index in [0.717, 1.165) is 37.4 Å². The molecule has 2 aliphatic rings. The lowest BCUT2D eigenvalue weighted by Gasteiger charge is -2.43. The number of pyridine rings is 2. The monoisotopic (exact) mass is 338 g/mol. The number of likely N-dealkylation sites (tertiary alicyclic amines) is 1. The van der Waals surface area contributed by atoms with Gasteiger partial charge in [0.1, 0.15) is 6.04 Å². The first-order valence-corrected chi connectivity index (χ1v) is 8.74. The summed E-state index contributed by atoms with van der Waals surface area (Å²) in [6, 6.07) is 9.56. The van der Waals surface area contributed by atoms with Gasteiger partial charge in [0.05, 0.1) is 13.2 Å². The molecule has 6 nitrogen and oxygen atoms in total. The molecule has 4 rings (SSSR count). The van der Waals surface area contributed by atoms with Crippen molar-refractivity contribution in [2.45, 2.75) is 12.0 Å². The molecule has 1 amide bonds. The van der Waals surface area contributed by atoms with E-state index in [-0.39, 0.29) is 11.9 Å². The predicted octanol–water partition coefficient (Wildman–Crippen LogP) is 1.48. The van der Waals surface area contributed by atoms with Crippen LogP contribution in [0.2, 0.25) is 0 Å². The Morgan fingerprint density at radius 1 is 1.12 bits per heavy atom. The molecule has 130 valence electrons. The first kappa shape index (κ1) is 16.2. The van der Waals surface area contributed by atoms with Gasteiger partial charge in [-0.3, -0.25) is 19.7 Å². The Bertz CT molecular complexity index is 698. The van der Waals surface area contributed by atoms with E-state index < -0.39 is 0 Å². The van der Waals surface area contributed by atoms with E-state index in [1.54, 1.807) is 12.4 Å². The molecule has 1 atom stereocenters. The molecule has 6 heteroatoms. The molecule has 2 aromatic heterocycles. The topological polar surface area (TPSA) is 58.6 Å². The van der Waals surface area contributed by atoms with Crippen molar-refractivity contribution in [2.75, 3.05) is 39.4 Å². The van der Waals surface area contributed by atoms with Crippen LogP contribution in [0.15, 0.2) is 48.9 Å². The van der Waals surface area contributed by atoms with Gasteiger partial charge < -0.3 is 9.64 Å². The summed E-state index contributed by atoms with van der Waals surface area (Å²) in [6.07, 6.45) is 5.35. The molecular formula is C19H22N4O2. The summed E-state index contributed by atoms with van der Waals surface area (Å²) in [5.41, 5.74) is 2.02. The van der Waals surface area contributed by atoms with Crippen molar-refractivity contribution in [3.8, 4) is 0 Å². The Morgan fingerprint density at radius 2 is 1.96 bits per heavy atom. The van der Waals surface area contributed by atoms with Gasteiger partial charge in [-0.15, -0.1) is 0 Å². The fourth-order valence-corrected chi connectivity index (χ4v) is 3.52. The highest BCUT2D eigenvalue weighted by Gasteiger charge is 2.39. The maximum Gasteiger partial charge on any atom is 0.244 e. The largest absolute Gasteiger partial charge is 0.379 e. The fraction of sp³-hybridized carbons (Fsp3) is 0.421. The van der Waals surface area contributed by atoms with E-state index in [0.29, 0.717) is 19.1 Å². The highest BCUT2D eigenvalue weighted by atomic mass is 16.5. The van der Waals surface area contributed by atoms with Crippen LogP contribution in [0.4, 0.5) is 0 Å². The summed E-state index contributed by atoms with van der Waals surface area (Å²) in [5.74, 6) is 0.492. The first-order chi connectivity index (χ1) is 12.3. The zero-order valence-electron chi connectivity index (χ0n) is 14.1. The zero-order valence-corrected chi connectivity index (χ0v) is 14.1. The van der Waals surface area contributed by atoms with Gasteiger partial charge in [-0.05, 0) is 23.8 Å². The highest BCUT2D eigenvalue weighted by Crippen LogP contribution is 2.31. The number of carbonyl (C=O) groups is 1. The van der Waals surface area contributed by atoms with Crippen LogP contribution < -0.4 is 0 Å². The van der Waals surface area contributed by atoms with Crippen LogP contribution in [0.25, 0.3) is 0 Å². The lowest BCUT2D eigenvalue weighted by molar-refractivity contribution is -0.143. The number of morpholine rings is 1. The van der Waals surface area contributed by atoms with Crippen molar-refractivity contribution in [3.63, 3.8) is 0 Å². The van der Waals surface area contributed by atoms with Crippen LogP contribution in [0.1, 0.15) is 23.2 Å². The lowest BCUT2D eigenvalue weighted by Crippen LogP contribution is -2.54. The van der Waals surface area contributed by atoms with Crippen molar-refractivity contribution < 1.29 is 9.53 Å². The van der Waals surface area contributed by atoms with Crippen LogP contribution in [0.5, 0.6) is 0 Å². The van der Waals surface area contributed by atoms with Gasteiger partial charge in [-0.25, -0.2) is 0 Å². The number of aromatic nitrogens is 2. The molecule has 4 heterocycles. The van der Waals surface area contributed by atoms with E-state index in [9.17, 15) is 4.79 Å². The van der Waals surface area contributed by atoms with Gasteiger partial charge in [-0.1, -0.05) is 12.1 Å². The zero-order chi connectivity index (χ0) is 17.1. The molecular weight excluding hydrogens is 316 g/mol. The minimum atomic E-state index is -0.276. The third-order valence-electron chi connectivity index (χ3n) is 4.94. The summed E-state index contributed by atoms with van der Waals surface area (Å²) in [6.45, 7) is 4.33. The van der Waals surface area contributed by atoms with Crippen LogP contribution in [-0.2, 0) is 9.53 Å². The van der Waals surface area contributed by atoms with E-state index in [4.69, 9.17) is 4.74 Å². The van der Waals surface area contributed by atoms with Gasteiger partial charge in [0.25, 0.3) is 0 Å². The number of rotatable bonds is 4. The van der Waals surface area contributed by atoms with Gasteiger partial charge in [0.15, 0.2) is 0 Å². The summed E-state index contributed by atoms with van der Waals surface area (Å²) < 4.78 is 5.45. The average molecular weight is 338 g/mol. The Morgan fingerprint density at radius 3 is 2.64 bits per heavy atom. The Balaban J connectivity index is 1.49. The molecule has 2 aliphatic heterocycles. The molecule has 0 spiro atoms. The molecule has 1 unspecified atom stereocenters. The molecule has 0 aromatic carbocycles. The molecule has 2 aromatic rings. The van der Waals surface area contributed by atoms with Crippen molar-refractivity contribution in [1.29, 1.82) is 0 Å². The van der Waals surface area contributed by atoms with Gasteiger partial charge in [0, 0.05) is 56.4 Å². The molecule has 25 heavy (non-hydrogen) atoms. The number of carbonyl (C=O) groups excluding carboxylic acids is 1. The number of nitrogens with zero attached hydrogens (tertiary/aromatic N) is 4. The van der Waals surface area contributed by atoms with Gasteiger partial charge >= 0.3 is 0 Å². The van der Waals surface area contributed by atoms with Crippen LogP contribution in [-0.4, -0.2) is 65.1 Å². The molecule has 2 fully saturated rings. The Labute approximate surface area is 147 Å². The summed E-state index contributed by atoms with van der Waals surface area (Å²) in [5, 5.41) is 0. The van der Waals surface area contributed by atoms with Crippen LogP contribution in [0, 0.1) is 0 Å². The minimum Gasteiger partial charge on any atom is -0.379 e. The minimum absolute atomic E-state index is 0.155. The van der Waals surface area contributed by atoms with Crippen molar-refractivity contribution in [2.24, 2.45) is 0 Å². The van der Waals surface area contributed by atoms with Gasteiger partial charge in [0.2, 0.25) is 5.91 Å². The number of ether oxygens (including phenoxy) is 1. The van der Waals surface area contributed by atoms with Crippen LogP contribution >= 0.6 is 0 Å². The summed E-state index contributed by atoms with van der Waals surface area (Å²) >= 11 is 0. The average Bonchev–Trinajstić information content (AvgIpc) is 2.63. The Hall–Kier alpha value is -2.31. The smallest absolute Gasteiger partial charge is 0.244 e. The normalized spacial score (nSPS) is 20.1. The third kappa shape index (κ3) is 3.41.